The summed E-state index contributed by atoms with van der Waals surface area (Å²) in [7, 11) is 1.85. The molecule has 3 rings (SSSR count). The molecule has 6 nitrogen and oxygen atoms in total. The van der Waals surface area contributed by atoms with E-state index in [9.17, 15) is 4.39 Å². The molecular weight excluding hydrogens is 283 g/mol. The average molecular weight is 298 g/mol. The number of aromatic amines is 1. The SMILES string of the molecule is Cc1cnc(CN(C)c2nncc(-c3cccc(F)c3)n2)[nH]1. The Morgan fingerprint density at radius 1 is 1.27 bits per heavy atom. The molecule has 0 aliphatic heterocycles. The summed E-state index contributed by atoms with van der Waals surface area (Å²) in [4.78, 5) is 13.7. The van der Waals surface area contributed by atoms with E-state index in [1.54, 1.807) is 18.3 Å². The van der Waals surface area contributed by atoms with Gasteiger partial charge in [-0.25, -0.2) is 14.4 Å². The van der Waals surface area contributed by atoms with Gasteiger partial charge in [-0.1, -0.05) is 12.1 Å². The number of hydrogen-bond acceptors (Lipinski definition) is 5. The number of rotatable bonds is 4. The Balaban J connectivity index is 1.84. The number of aromatic nitrogens is 5. The van der Waals surface area contributed by atoms with E-state index in [0.29, 0.717) is 23.8 Å². The topological polar surface area (TPSA) is 70.6 Å². The number of nitrogens with zero attached hydrogens (tertiary/aromatic N) is 5. The lowest BCUT2D eigenvalue weighted by molar-refractivity contribution is 0.628. The van der Waals surface area contributed by atoms with Gasteiger partial charge in [-0.15, -0.1) is 5.10 Å². The molecule has 2 aromatic heterocycles. The van der Waals surface area contributed by atoms with E-state index in [-0.39, 0.29) is 5.82 Å². The summed E-state index contributed by atoms with van der Waals surface area (Å²) in [6, 6.07) is 6.24. The zero-order chi connectivity index (χ0) is 15.5. The minimum absolute atomic E-state index is 0.308. The first kappa shape index (κ1) is 14.1. The molecule has 0 spiro atoms. The van der Waals surface area contributed by atoms with Gasteiger partial charge in [0.05, 0.1) is 18.4 Å². The van der Waals surface area contributed by atoms with Crippen molar-refractivity contribution in [1.29, 1.82) is 0 Å². The number of benzene rings is 1. The second kappa shape index (κ2) is 5.88. The molecule has 0 unspecified atom stereocenters. The molecule has 0 aliphatic rings. The van der Waals surface area contributed by atoms with E-state index in [4.69, 9.17) is 0 Å². The van der Waals surface area contributed by atoms with E-state index in [2.05, 4.69) is 25.1 Å². The van der Waals surface area contributed by atoms with E-state index >= 15 is 0 Å². The Morgan fingerprint density at radius 3 is 2.86 bits per heavy atom. The second-order valence-corrected chi connectivity index (χ2v) is 5.02. The minimum Gasteiger partial charge on any atom is -0.345 e. The van der Waals surface area contributed by atoms with Gasteiger partial charge >= 0.3 is 0 Å². The minimum atomic E-state index is -0.308. The maximum atomic E-state index is 13.3. The fourth-order valence-corrected chi connectivity index (χ4v) is 2.09. The Kier molecular flexibility index (Phi) is 3.78. The third kappa shape index (κ3) is 3.08. The van der Waals surface area contributed by atoms with Gasteiger partial charge in [0.1, 0.15) is 11.6 Å². The molecule has 7 heteroatoms. The van der Waals surface area contributed by atoms with Gasteiger partial charge in [-0.05, 0) is 19.1 Å². The van der Waals surface area contributed by atoms with E-state index in [0.717, 1.165) is 11.5 Å². The summed E-state index contributed by atoms with van der Waals surface area (Å²) in [5, 5.41) is 7.97. The first-order chi connectivity index (χ1) is 10.6. The summed E-state index contributed by atoms with van der Waals surface area (Å²) in [6.45, 7) is 2.47. The lowest BCUT2D eigenvalue weighted by Gasteiger charge is -2.15. The van der Waals surface area contributed by atoms with Crippen LogP contribution in [-0.4, -0.2) is 32.2 Å². The van der Waals surface area contributed by atoms with Crippen LogP contribution in [0.25, 0.3) is 11.3 Å². The molecule has 1 N–H and O–H groups in total. The van der Waals surface area contributed by atoms with Crippen LogP contribution in [0.1, 0.15) is 11.5 Å². The van der Waals surface area contributed by atoms with Crippen molar-refractivity contribution in [3.8, 4) is 11.3 Å². The monoisotopic (exact) mass is 298 g/mol. The number of halogens is 1. The summed E-state index contributed by atoms with van der Waals surface area (Å²) in [5.41, 5.74) is 2.24. The smallest absolute Gasteiger partial charge is 0.246 e. The molecule has 0 saturated carbocycles. The fourth-order valence-electron chi connectivity index (χ4n) is 2.09. The van der Waals surface area contributed by atoms with Crippen molar-refractivity contribution in [2.24, 2.45) is 0 Å². The van der Waals surface area contributed by atoms with Crippen LogP contribution in [0.4, 0.5) is 10.3 Å². The van der Waals surface area contributed by atoms with Gasteiger partial charge in [-0.2, -0.15) is 5.10 Å². The summed E-state index contributed by atoms with van der Waals surface area (Å²) < 4.78 is 13.3. The molecule has 0 saturated heterocycles. The maximum Gasteiger partial charge on any atom is 0.246 e. The molecule has 0 amide bonds. The fraction of sp³-hybridized carbons (Fsp3) is 0.200. The van der Waals surface area contributed by atoms with Gasteiger partial charge in [0.15, 0.2) is 0 Å². The lowest BCUT2D eigenvalue weighted by atomic mass is 10.2. The largest absolute Gasteiger partial charge is 0.345 e. The molecule has 0 fully saturated rings. The van der Waals surface area contributed by atoms with Gasteiger partial charge in [0, 0.05) is 24.5 Å². The Morgan fingerprint density at radius 2 is 2.14 bits per heavy atom. The molecular formula is C15H15FN6. The highest BCUT2D eigenvalue weighted by Crippen LogP contribution is 2.18. The Labute approximate surface area is 127 Å². The number of aryl methyl sites for hydroxylation is 1. The lowest BCUT2D eigenvalue weighted by Crippen LogP contribution is -2.20. The number of hydrogen-bond donors (Lipinski definition) is 1. The van der Waals surface area contributed by atoms with Gasteiger partial charge in [0.25, 0.3) is 0 Å². The van der Waals surface area contributed by atoms with Crippen molar-refractivity contribution in [2.45, 2.75) is 13.5 Å². The summed E-state index contributed by atoms with van der Waals surface area (Å²) in [6.07, 6.45) is 3.29. The van der Waals surface area contributed by atoms with Crippen molar-refractivity contribution in [3.63, 3.8) is 0 Å². The summed E-state index contributed by atoms with van der Waals surface area (Å²) in [5.74, 6) is 0.965. The number of imidazole rings is 1. The molecule has 2 heterocycles. The molecule has 22 heavy (non-hydrogen) atoms. The number of H-pyrrole nitrogens is 1. The predicted octanol–water partition coefficient (Wildman–Crippen LogP) is 2.35. The molecule has 0 atom stereocenters. The second-order valence-electron chi connectivity index (χ2n) is 5.02. The van der Waals surface area contributed by atoms with Crippen LogP contribution >= 0.6 is 0 Å². The average Bonchev–Trinajstić information content (AvgIpc) is 2.92. The zero-order valence-electron chi connectivity index (χ0n) is 12.3. The van der Waals surface area contributed by atoms with Crippen LogP contribution in [0.3, 0.4) is 0 Å². The van der Waals surface area contributed by atoms with Crippen LogP contribution in [0.5, 0.6) is 0 Å². The standard InChI is InChI=1S/C15H15FN6/c1-10-7-17-14(19-10)9-22(2)15-20-13(8-18-21-15)11-4-3-5-12(16)6-11/h3-8H,9H2,1-2H3,(H,17,19). The molecule has 0 bridgehead atoms. The van der Waals surface area contributed by atoms with Crippen LogP contribution < -0.4 is 4.90 Å². The van der Waals surface area contributed by atoms with Crippen LogP contribution in [-0.2, 0) is 6.54 Å². The third-order valence-electron chi connectivity index (χ3n) is 3.15. The zero-order valence-corrected chi connectivity index (χ0v) is 12.3. The van der Waals surface area contributed by atoms with E-state index in [1.165, 1.54) is 18.3 Å². The van der Waals surface area contributed by atoms with E-state index < -0.39 is 0 Å². The third-order valence-corrected chi connectivity index (χ3v) is 3.15. The van der Waals surface area contributed by atoms with Crippen LogP contribution in [0.15, 0.2) is 36.7 Å². The molecule has 112 valence electrons. The van der Waals surface area contributed by atoms with Crippen LogP contribution in [0, 0.1) is 12.7 Å². The molecule has 1 aromatic carbocycles. The highest BCUT2D eigenvalue weighted by Gasteiger charge is 2.10. The molecule has 0 radical (unpaired) electrons. The van der Waals surface area contributed by atoms with Crippen molar-refractivity contribution in [2.75, 3.05) is 11.9 Å². The van der Waals surface area contributed by atoms with Gasteiger partial charge in [-0.3, -0.25) is 0 Å². The van der Waals surface area contributed by atoms with Crippen molar-refractivity contribution >= 4 is 5.95 Å². The van der Waals surface area contributed by atoms with Crippen LogP contribution in [0.2, 0.25) is 0 Å². The van der Waals surface area contributed by atoms with Crippen molar-refractivity contribution < 1.29 is 4.39 Å². The summed E-state index contributed by atoms with van der Waals surface area (Å²) >= 11 is 0. The first-order valence-electron chi connectivity index (χ1n) is 6.79. The van der Waals surface area contributed by atoms with Gasteiger partial charge < -0.3 is 9.88 Å². The van der Waals surface area contributed by atoms with E-state index in [1.807, 2.05) is 18.9 Å². The quantitative estimate of drug-likeness (QED) is 0.800. The normalized spacial score (nSPS) is 10.7. The highest BCUT2D eigenvalue weighted by molar-refractivity contribution is 5.59. The highest BCUT2D eigenvalue weighted by atomic mass is 19.1. The Bertz CT molecular complexity index is 785. The first-order valence-corrected chi connectivity index (χ1v) is 6.79. The molecule has 3 aromatic rings. The van der Waals surface area contributed by atoms with Gasteiger partial charge in [0.2, 0.25) is 5.95 Å². The number of nitrogens with one attached hydrogen (secondary N) is 1. The molecule has 0 aliphatic carbocycles. The Hall–Kier alpha value is -2.83. The number of anilines is 1. The predicted molar refractivity (Wildman–Crippen MR) is 80.7 cm³/mol. The maximum absolute atomic E-state index is 13.3. The van der Waals surface area contributed by atoms with Crippen molar-refractivity contribution in [3.05, 3.63) is 54.0 Å². The van der Waals surface area contributed by atoms with Crippen molar-refractivity contribution in [1.82, 2.24) is 25.1 Å².